The molecule has 0 N–H and O–H groups in total. The fraction of sp³-hybridized carbons (Fsp3) is 0.227. The van der Waals surface area contributed by atoms with Gasteiger partial charge in [-0.15, -0.1) is 0 Å². The molecule has 0 bridgehead atoms. The van der Waals surface area contributed by atoms with Crippen LogP contribution in [0.2, 0.25) is 0 Å². The van der Waals surface area contributed by atoms with Crippen LogP contribution in [0.4, 0.5) is 0 Å². The minimum atomic E-state index is 0.879. The van der Waals surface area contributed by atoms with Crippen LogP contribution < -0.4 is 9.30 Å². The van der Waals surface area contributed by atoms with Crippen molar-refractivity contribution < 1.29 is 9.30 Å². The molecule has 1 heterocycles. The van der Waals surface area contributed by atoms with Gasteiger partial charge in [-0.05, 0) is 43.4 Å². The molecule has 3 rings (SSSR count). The summed E-state index contributed by atoms with van der Waals surface area (Å²) in [6, 6.07) is 18.9. The molecule has 3 heteroatoms. The van der Waals surface area contributed by atoms with Gasteiger partial charge in [0.1, 0.15) is 5.75 Å². The highest BCUT2D eigenvalue weighted by Gasteiger charge is 2.10. The van der Waals surface area contributed by atoms with Gasteiger partial charge in [0.05, 0.1) is 19.0 Å². The summed E-state index contributed by atoms with van der Waals surface area (Å²) in [5.41, 5.74) is 3.66. The van der Waals surface area contributed by atoms with Crippen LogP contribution in [0.15, 0.2) is 60.8 Å². The third-order valence-electron chi connectivity index (χ3n) is 4.32. The normalized spacial score (nSPS) is 11.5. The third-order valence-corrected chi connectivity index (χ3v) is 4.32. The van der Waals surface area contributed by atoms with Gasteiger partial charge < -0.3 is 9.64 Å². The van der Waals surface area contributed by atoms with Gasteiger partial charge in [0.2, 0.25) is 5.52 Å². The van der Waals surface area contributed by atoms with Crippen LogP contribution in [0.25, 0.3) is 23.1 Å². The largest absolute Gasteiger partial charge is 0.497 e. The van der Waals surface area contributed by atoms with Crippen molar-refractivity contribution in [2.24, 2.45) is 0 Å². The number of benzene rings is 2. The number of pyridine rings is 1. The topological polar surface area (TPSA) is 16.4 Å². The van der Waals surface area contributed by atoms with Gasteiger partial charge in [0, 0.05) is 12.1 Å². The minimum absolute atomic E-state index is 0.879. The van der Waals surface area contributed by atoms with Gasteiger partial charge >= 0.3 is 0 Å². The number of rotatable bonds is 6. The van der Waals surface area contributed by atoms with Gasteiger partial charge in [-0.1, -0.05) is 36.4 Å². The molecule has 0 aliphatic carbocycles. The zero-order valence-corrected chi connectivity index (χ0v) is 15.1. The van der Waals surface area contributed by atoms with Crippen LogP contribution in [0, 0.1) is 0 Å². The minimum Gasteiger partial charge on any atom is -0.497 e. The number of likely N-dealkylation sites (N-methyl/N-ethyl adjacent to an activating group) is 1. The lowest BCUT2D eigenvalue weighted by atomic mass is 10.1. The molecule has 1 aromatic heterocycles. The first-order chi connectivity index (χ1) is 12.2. The number of aromatic nitrogens is 1. The van der Waals surface area contributed by atoms with Crippen LogP contribution in [0.3, 0.4) is 0 Å². The number of fused-ring (bicyclic) bond motifs is 1. The van der Waals surface area contributed by atoms with E-state index in [0.717, 1.165) is 24.4 Å². The number of ether oxygens (including phenoxy) is 1. The van der Waals surface area contributed by atoms with E-state index in [4.69, 9.17) is 4.74 Å². The molecule has 3 nitrogen and oxygen atoms in total. The number of para-hydroxylation sites is 1. The van der Waals surface area contributed by atoms with Gasteiger partial charge in [0.25, 0.3) is 0 Å². The van der Waals surface area contributed by atoms with Crippen LogP contribution in [-0.4, -0.2) is 32.6 Å². The molecule has 0 spiro atoms. The summed E-state index contributed by atoms with van der Waals surface area (Å²) >= 11 is 0. The first-order valence-corrected chi connectivity index (χ1v) is 8.55. The number of hydrogen-bond donors (Lipinski definition) is 0. The number of nitrogens with zero attached hydrogens (tertiary/aromatic N) is 2. The van der Waals surface area contributed by atoms with Gasteiger partial charge in [0.15, 0.2) is 12.7 Å². The van der Waals surface area contributed by atoms with Crippen LogP contribution in [0.5, 0.6) is 5.75 Å². The second-order valence-electron chi connectivity index (χ2n) is 6.39. The lowest BCUT2D eigenvalue weighted by molar-refractivity contribution is -0.670. The maximum atomic E-state index is 5.21. The van der Waals surface area contributed by atoms with E-state index in [1.165, 1.54) is 16.5 Å². The highest BCUT2D eigenvalue weighted by Crippen LogP contribution is 2.19. The summed E-state index contributed by atoms with van der Waals surface area (Å²) in [6.45, 7) is 2.01. The molecular formula is C22H25N2O+. The Kier molecular flexibility index (Phi) is 5.46. The maximum absolute atomic E-state index is 5.21. The SMILES string of the molecule is COc1ccc(C=Cc2cc[n+](CCN(C)C)c3ccccc23)cc1. The fourth-order valence-corrected chi connectivity index (χ4v) is 2.86. The summed E-state index contributed by atoms with van der Waals surface area (Å²) in [6.07, 6.45) is 6.51. The Bertz CT molecular complexity index is 867. The highest BCUT2D eigenvalue weighted by atomic mass is 16.5. The van der Waals surface area contributed by atoms with E-state index < -0.39 is 0 Å². The number of hydrogen-bond acceptors (Lipinski definition) is 2. The Morgan fingerprint density at radius 3 is 2.44 bits per heavy atom. The van der Waals surface area contributed by atoms with Crippen molar-refractivity contribution >= 4 is 23.1 Å². The van der Waals surface area contributed by atoms with E-state index in [-0.39, 0.29) is 0 Å². The summed E-state index contributed by atoms with van der Waals surface area (Å²) in [5, 5.41) is 1.27. The van der Waals surface area contributed by atoms with Crippen LogP contribution in [0.1, 0.15) is 11.1 Å². The van der Waals surface area contributed by atoms with E-state index in [0.29, 0.717) is 0 Å². The van der Waals surface area contributed by atoms with E-state index >= 15 is 0 Å². The first kappa shape index (κ1) is 17.2. The Morgan fingerprint density at radius 1 is 0.960 bits per heavy atom. The molecule has 0 radical (unpaired) electrons. The Balaban J connectivity index is 1.91. The van der Waals surface area contributed by atoms with Crippen molar-refractivity contribution in [2.75, 3.05) is 27.7 Å². The average Bonchev–Trinajstić information content (AvgIpc) is 2.65. The molecule has 0 fully saturated rings. The first-order valence-electron chi connectivity index (χ1n) is 8.55. The lowest BCUT2D eigenvalue weighted by Crippen LogP contribution is -2.39. The molecule has 0 aliphatic rings. The molecule has 0 aliphatic heterocycles. The zero-order valence-electron chi connectivity index (χ0n) is 15.1. The van der Waals surface area contributed by atoms with Gasteiger partial charge in [-0.3, -0.25) is 0 Å². The molecule has 0 atom stereocenters. The fourth-order valence-electron chi connectivity index (χ4n) is 2.86. The predicted molar refractivity (Wildman–Crippen MR) is 105 cm³/mol. The standard InChI is InChI=1S/C22H25N2O/c1-23(2)16-17-24-15-14-19(21-6-4-5-7-22(21)24)11-8-18-9-12-20(25-3)13-10-18/h4-15H,16-17H2,1-3H3/q+1. The molecule has 128 valence electrons. The zero-order chi connectivity index (χ0) is 17.6. The molecule has 0 saturated heterocycles. The number of methoxy groups -OCH3 is 1. The summed E-state index contributed by atoms with van der Waals surface area (Å²) in [7, 11) is 5.90. The smallest absolute Gasteiger partial charge is 0.213 e. The molecule has 0 unspecified atom stereocenters. The molecular weight excluding hydrogens is 308 g/mol. The Morgan fingerprint density at radius 2 is 1.72 bits per heavy atom. The van der Waals surface area contributed by atoms with E-state index in [2.05, 4.69) is 84.4 Å². The second kappa shape index (κ2) is 7.95. The van der Waals surface area contributed by atoms with Crippen molar-refractivity contribution in [1.82, 2.24) is 4.90 Å². The van der Waals surface area contributed by atoms with Crippen molar-refractivity contribution in [3.8, 4) is 5.75 Å². The van der Waals surface area contributed by atoms with Crippen molar-refractivity contribution in [2.45, 2.75) is 6.54 Å². The molecule has 2 aromatic carbocycles. The molecule has 0 amide bonds. The van der Waals surface area contributed by atoms with Crippen molar-refractivity contribution in [1.29, 1.82) is 0 Å². The second-order valence-corrected chi connectivity index (χ2v) is 6.39. The van der Waals surface area contributed by atoms with E-state index in [1.54, 1.807) is 7.11 Å². The van der Waals surface area contributed by atoms with Crippen LogP contribution >= 0.6 is 0 Å². The van der Waals surface area contributed by atoms with Crippen LogP contribution in [-0.2, 0) is 6.54 Å². The lowest BCUT2D eigenvalue weighted by Gasteiger charge is -2.08. The van der Waals surface area contributed by atoms with E-state index in [9.17, 15) is 0 Å². The molecule has 0 saturated carbocycles. The quantitative estimate of drug-likeness (QED) is 0.637. The van der Waals surface area contributed by atoms with Crippen molar-refractivity contribution in [3.05, 3.63) is 71.9 Å². The monoisotopic (exact) mass is 333 g/mol. The van der Waals surface area contributed by atoms with Crippen molar-refractivity contribution in [3.63, 3.8) is 0 Å². The molecule has 25 heavy (non-hydrogen) atoms. The Hall–Kier alpha value is -2.65. The Labute approximate surface area is 149 Å². The summed E-state index contributed by atoms with van der Waals surface area (Å²) < 4.78 is 7.53. The van der Waals surface area contributed by atoms with E-state index in [1.807, 2.05) is 12.1 Å². The third kappa shape index (κ3) is 4.25. The highest BCUT2D eigenvalue weighted by molar-refractivity contribution is 5.88. The summed E-state index contributed by atoms with van der Waals surface area (Å²) in [4.78, 5) is 2.21. The predicted octanol–water partition coefficient (Wildman–Crippen LogP) is 3.87. The van der Waals surface area contributed by atoms with Gasteiger partial charge in [-0.25, -0.2) is 0 Å². The van der Waals surface area contributed by atoms with Gasteiger partial charge in [-0.2, -0.15) is 4.57 Å². The maximum Gasteiger partial charge on any atom is 0.213 e. The molecule has 3 aromatic rings. The average molecular weight is 333 g/mol. The summed E-state index contributed by atoms with van der Waals surface area (Å²) in [5.74, 6) is 0.879.